The lowest BCUT2D eigenvalue weighted by molar-refractivity contribution is -0.139. The lowest BCUT2D eigenvalue weighted by Gasteiger charge is -2.30. The minimum Gasteiger partial charge on any atom is -0.339 e. The van der Waals surface area contributed by atoms with E-state index in [1.807, 2.05) is 30.3 Å². The standard InChI is InChI=1S/C20H26N4O3/c21-16-12-23(11-15(16)14-7-3-1-4-8-14)17(25)13-24-18(26)20(22-19(24)27)9-5-2-6-10-20/h1,3-4,7-8,15-16H,2,5-6,9-13,21H2,(H,22,27)/t15-,16+/m0/s1. The molecule has 27 heavy (non-hydrogen) atoms. The minimum absolute atomic E-state index is 0.0722. The Labute approximate surface area is 158 Å². The van der Waals surface area contributed by atoms with E-state index in [0.29, 0.717) is 25.9 Å². The van der Waals surface area contributed by atoms with Gasteiger partial charge >= 0.3 is 6.03 Å². The molecule has 0 aromatic heterocycles. The molecule has 1 aromatic rings. The molecule has 3 aliphatic rings. The number of carbonyl (C=O) groups is 3. The van der Waals surface area contributed by atoms with Gasteiger partial charge in [0.25, 0.3) is 5.91 Å². The summed E-state index contributed by atoms with van der Waals surface area (Å²) in [4.78, 5) is 40.7. The number of likely N-dealkylation sites (tertiary alicyclic amines) is 1. The summed E-state index contributed by atoms with van der Waals surface area (Å²) in [7, 11) is 0. The second-order valence-corrected chi connectivity index (χ2v) is 7.94. The van der Waals surface area contributed by atoms with Crippen molar-refractivity contribution in [1.29, 1.82) is 0 Å². The number of rotatable bonds is 3. The Kier molecular flexibility index (Phi) is 4.63. The van der Waals surface area contributed by atoms with E-state index in [1.165, 1.54) is 0 Å². The highest BCUT2D eigenvalue weighted by molar-refractivity contribution is 6.09. The van der Waals surface area contributed by atoms with Crippen molar-refractivity contribution in [3.05, 3.63) is 35.9 Å². The van der Waals surface area contributed by atoms with Crippen molar-refractivity contribution in [3.8, 4) is 0 Å². The molecule has 7 heteroatoms. The van der Waals surface area contributed by atoms with Gasteiger partial charge in [-0.25, -0.2) is 4.79 Å². The average molecular weight is 370 g/mol. The molecule has 3 N–H and O–H groups in total. The summed E-state index contributed by atoms with van der Waals surface area (Å²) in [5, 5.41) is 2.85. The molecule has 3 fully saturated rings. The molecule has 144 valence electrons. The van der Waals surface area contributed by atoms with E-state index in [-0.39, 0.29) is 30.3 Å². The third kappa shape index (κ3) is 3.20. The van der Waals surface area contributed by atoms with Gasteiger partial charge in [0.1, 0.15) is 12.1 Å². The van der Waals surface area contributed by atoms with Crippen molar-refractivity contribution in [1.82, 2.24) is 15.1 Å². The van der Waals surface area contributed by atoms with E-state index < -0.39 is 11.6 Å². The van der Waals surface area contributed by atoms with Gasteiger partial charge in [-0.15, -0.1) is 0 Å². The summed E-state index contributed by atoms with van der Waals surface area (Å²) in [5.41, 5.74) is 6.58. The zero-order valence-electron chi connectivity index (χ0n) is 15.4. The van der Waals surface area contributed by atoms with Crippen LogP contribution in [0, 0.1) is 0 Å². The molecule has 1 saturated carbocycles. The Balaban J connectivity index is 1.42. The van der Waals surface area contributed by atoms with Gasteiger partial charge in [0, 0.05) is 25.0 Å². The molecule has 2 heterocycles. The summed E-state index contributed by atoms with van der Waals surface area (Å²) in [6.45, 7) is 0.743. The number of urea groups is 1. The molecular weight excluding hydrogens is 344 g/mol. The molecule has 0 unspecified atom stereocenters. The lowest BCUT2D eigenvalue weighted by atomic mass is 9.82. The Morgan fingerprint density at radius 2 is 1.81 bits per heavy atom. The quantitative estimate of drug-likeness (QED) is 0.782. The van der Waals surface area contributed by atoms with Gasteiger partial charge in [0.05, 0.1) is 0 Å². The van der Waals surface area contributed by atoms with Crippen molar-refractivity contribution in [2.75, 3.05) is 19.6 Å². The molecule has 1 spiro atoms. The molecule has 2 atom stereocenters. The molecule has 2 saturated heterocycles. The first-order valence-electron chi connectivity index (χ1n) is 9.73. The van der Waals surface area contributed by atoms with E-state index in [4.69, 9.17) is 5.73 Å². The SMILES string of the molecule is N[C@@H]1CN(C(=O)CN2C(=O)NC3(CCCCC3)C2=O)C[C@H]1c1ccccc1. The topological polar surface area (TPSA) is 95.7 Å². The van der Waals surface area contributed by atoms with Crippen LogP contribution in [0.15, 0.2) is 30.3 Å². The Morgan fingerprint density at radius 1 is 1.11 bits per heavy atom. The zero-order chi connectivity index (χ0) is 19.0. The Hall–Kier alpha value is -2.41. The molecule has 1 aliphatic carbocycles. The van der Waals surface area contributed by atoms with Crippen LogP contribution in [0.4, 0.5) is 4.79 Å². The molecule has 4 amide bonds. The van der Waals surface area contributed by atoms with Crippen LogP contribution in [-0.4, -0.2) is 58.9 Å². The number of hydrogen-bond donors (Lipinski definition) is 2. The third-order valence-electron chi connectivity index (χ3n) is 6.19. The molecule has 1 aromatic carbocycles. The fourth-order valence-electron chi connectivity index (χ4n) is 4.63. The fourth-order valence-corrected chi connectivity index (χ4v) is 4.63. The van der Waals surface area contributed by atoms with Crippen molar-refractivity contribution in [2.24, 2.45) is 5.73 Å². The van der Waals surface area contributed by atoms with Gasteiger partial charge in [-0.3, -0.25) is 14.5 Å². The van der Waals surface area contributed by atoms with Gasteiger partial charge in [-0.05, 0) is 18.4 Å². The smallest absolute Gasteiger partial charge is 0.325 e. The number of nitrogens with zero attached hydrogens (tertiary/aromatic N) is 2. The van der Waals surface area contributed by atoms with E-state index in [0.717, 1.165) is 29.7 Å². The van der Waals surface area contributed by atoms with Crippen molar-refractivity contribution >= 4 is 17.8 Å². The highest BCUT2D eigenvalue weighted by Crippen LogP contribution is 2.34. The lowest BCUT2D eigenvalue weighted by Crippen LogP contribution is -2.49. The van der Waals surface area contributed by atoms with Crippen molar-refractivity contribution in [2.45, 2.75) is 49.6 Å². The highest BCUT2D eigenvalue weighted by Gasteiger charge is 2.52. The maximum Gasteiger partial charge on any atom is 0.325 e. The van der Waals surface area contributed by atoms with Crippen LogP contribution in [0.5, 0.6) is 0 Å². The molecular formula is C20H26N4O3. The maximum absolute atomic E-state index is 12.8. The average Bonchev–Trinajstić information content (AvgIpc) is 3.17. The molecule has 4 rings (SSSR count). The number of benzene rings is 1. The van der Waals surface area contributed by atoms with Crippen molar-refractivity contribution < 1.29 is 14.4 Å². The molecule has 0 radical (unpaired) electrons. The summed E-state index contributed by atoms with van der Waals surface area (Å²) in [6.07, 6.45) is 4.25. The summed E-state index contributed by atoms with van der Waals surface area (Å²) >= 11 is 0. The second kappa shape index (κ2) is 6.96. The number of amides is 4. The third-order valence-corrected chi connectivity index (χ3v) is 6.19. The maximum atomic E-state index is 12.8. The predicted octanol–water partition coefficient (Wildman–Crippen LogP) is 1.19. The van der Waals surface area contributed by atoms with E-state index in [9.17, 15) is 14.4 Å². The van der Waals surface area contributed by atoms with Gasteiger partial charge in [-0.2, -0.15) is 0 Å². The number of imide groups is 1. The summed E-state index contributed by atoms with van der Waals surface area (Å²) in [6, 6.07) is 9.31. The number of carbonyl (C=O) groups excluding carboxylic acids is 3. The van der Waals surface area contributed by atoms with Gasteiger partial charge in [0.2, 0.25) is 5.91 Å². The first-order valence-corrected chi connectivity index (χ1v) is 9.73. The number of hydrogen-bond acceptors (Lipinski definition) is 4. The van der Waals surface area contributed by atoms with E-state index >= 15 is 0 Å². The normalized spacial score (nSPS) is 27.3. The zero-order valence-corrected chi connectivity index (χ0v) is 15.4. The number of nitrogens with one attached hydrogen (secondary N) is 1. The van der Waals surface area contributed by atoms with Crippen molar-refractivity contribution in [3.63, 3.8) is 0 Å². The first-order chi connectivity index (χ1) is 13.0. The minimum atomic E-state index is -0.788. The summed E-state index contributed by atoms with van der Waals surface area (Å²) < 4.78 is 0. The molecule has 2 aliphatic heterocycles. The van der Waals surface area contributed by atoms with E-state index in [1.54, 1.807) is 4.90 Å². The summed E-state index contributed by atoms with van der Waals surface area (Å²) in [5.74, 6) is -0.396. The van der Waals surface area contributed by atoms with Gasteiger partial charge in [-0.1, -0.05) is 49.6 Å². The Bertz CT molecular complexity index is 745. The highest BCUT2D eigenvalue weighted by atomic mass is 16.2. The molecule has 7 nitrogen and oxygen atoms in total. The van der Waals surface area contributed by atoms with Crippen LogP contribution in [0.1, 0.15) is 43.6 Å². The number of nitrogens with two attached hydrogens (primary N) is 1. The predicted molar refractivity (Wildman–Crippen MR) is 99.8 cm³/mol. The van der Waals surface area contributed by atoms with E-state index in [2.05, 4.69) is 5.32 Å². The first kappa shape index (κ1) is 18.0. The Morgan fingerprint density at radius 3 is 2.52 bits per heavy atom. The molecule has 0 bridgehead atoms. The van der Waals surface area contributed by atoms with Crippen LogP contribution in [0.25, 0.3) is 0 Å². The second-order valence-electron chi connectivity index (χ2n) is 7.94. The van der Waals surface area contributed by atoms with Crippen LogP contribution in [0.3, 0.4) is 0 Å². The van der Waals surface area contributed by atoms with Crippen LogP contribution < -0.4 is 11.1 Å². The fraction of sp³-hybridized carbons (Fsp3) is 0.550. The monoisotopic (exact) mass is 370 g/mol. The van der Waals surface area contributed by atoms with Gasteiger partial charge in [0.15, 0.2) is 0 Å². The van der Waals surface area contributed by atoms with Crippen LogP contribution in [-0.2, 0) is 9.59 Å². The van der Waals surface area contributed by atoms with Crippen LogP contribution >= 0.6 is 0 Å². The van der Waals surface area contributed by atoms with Crippen LogP contribution in [0.2, 0.25) is 0 Å². The van der Waals surface area contributed by atoms with Gasteiger partial charge < -0.3 is 16.0 Å². The largest absolute Gasteiger partial charge is 0.339 e.